The van der Waals surface area contributed by atoms with Crippen molar-refractivity contribution in [1.82, 2.24) is 4.90 Å². The van der Waals surface area contributed by atoms with Crippen LogP contribution in [0, 0.1) is 0 Å². The van der Waals surface area contributed by atoms with Crippen LogP contribution < -0.4 is 0 Å². The molecule has 2 saturated heterocycles. The number of rotatable bonds is 3. The molecule has 0 aliphatic carbocycles. The molecule has 0 radical (unpaired) electrons. The van der Waals surface area contributed by atoms with E-state index in [4.69, 9.17) is 4.74 Å². The normalized spacial score (nSPS) is 30.6. The monoisotopic (exact) mass is 281 g/mol. The SMILES string of the molecule is CCOC(=O)[C@@]12CCC(=O)N1C[C@@H](OC(F)(F)F)C2. The van der Waals surface area contributed by atoms with Gasteiger partial charge in [-0.15, -0.1) is 13.2 Å². The number of hydrogen-bond acceptors (Lipinski definition) is 4. The average molecular weight is 281 g/mol. The predicted octanol–water partition coefficient (Wildman–Crippen LogP) is 1.22. The second-order valence-corrected chi connectivity index (χ2v) is 4.65. The number of nitrogens with zero attached hydrogens (tertiary/aromatic N) is 1. The molecular weight excluding hydrogens is 267 g/mol. The van der Waals surface area contributed by atoms with Gasteiger partial charge in [0.25, 0.3) is 0 Å². The first-order chi connectivity index (χ1) is 8.78. The topological polar surface area (TPSA) is 55.8 Å². The van der Waals surface area contributed by atoms with Crippen LogP contribution in [0.3, 0.4) is 0 Å². The number of hydrogen-bond donors (Lipinski definition) is 0. The van der Waals surface area contributed by atoms with Gasteiger partial charge in [0.1, 0.15) is 5.54 Å². The first-order valence-corrected chi connectivity index (χ1v) is 6.01. The van der Waals surface area contributed by atoms with Crippen LogP contribution in [-0.4, -0.2) is 47.9 Å². The largest absolute Gasteiger partial charge is 0.522 e. The molecule has 5 nitrogen and oxygen atoms in total. The van der Waals surface area contributed by atoms with E-state index in [9.17, 15) is 22.8 Å². The van der Waals surface area contributed by atoms with Crippen LogP contribution in [0.5, 0.6) is 0 Å². The van der Waals surface area contributed by atoms with E-state index in [-0.39, 0.29) is 38.3 Å². The summed E-state index contributed by atoms with van der Waals surface area (Å²) in [5, 5.41) is 0. The third kappa shape index (κ3) is 2.54. The maximum atomic E-state index is 12.2. The Morgan fingerprint density at radius 2 is 2.21 bits per heavy atom. The number of alkyl halides is 3. The smallest absolute Gasteiger partial charge is 0.464 e. The van der Waals surface area contributed by atoms with Gasteiger partial charge in [-0.05, 0) is 13.3 Å². The second-order valence-electron chi connectivity index (χ2n) is 4.65. The van der Waals surface area contributed by atoms with Gasteiger partial charge in [-0.1, -0.05) is 0 Å². The summed E-state index contributed by atoms with van der Waals surface area (Å²) in [7, 11) is 0. The van der Waals surface area contributed by atoms with E-state index in [0.29, 0.717) is 0 Å². The highest BCUT2D eigenvalue weighted by Crippen LogP contribution is 2.42. The quantitative estimate of drug-likeness (QED) is 0.730. The fraction of sp³-hybridized carbons (Fsp3) is 0.818. The number of ether oxygens (including phenoxy) is 2. The van der Waals surface area contributed by atoms with Gasteiger partial charge >= 0.3 is 12.3 Å². The van der Waals surface area contributed by atoms with Crippen molar-refractivity contribution in [2.45, 2.75) is 44.2 Å². The van der Waals surface area contributed by atoms with E-state index >= 15 is 0 Å². The Morgan fingerprint density at radius 3 is 2.79 bits per heavy atom. The third-order valence-electron chi connectivity index (χ3n) is 3.48. The molecule has 0 aromatic carbocycles. The van der Waals surface area contributed by atoms with Crippen LogP contribution in [-0.2, 0) is 19.1 Å². The lowest BCUT2D eigenvalue weighted by Gasteiger charge is -2.28. The molecule has 0 N–H and O–H groups in total. The number of esters is 1. The van der Waals surface area contributed by atoms with Gasteiger partial charge in [-0.25, -0.2) is 4.79 Å². The fourth-order valence-corrected chi connectivity index (χ4v) is 2.78. The number of carbonyl (C=O) groups excluding carboxylic acids is 2. The van der Waals surface area contributed by atoms with Crippen LogP contribution in [0.1, 0.15) is 26.2 Å². The van der Waals surface area contributed by atoms with Gasteiger partial charge in [-0.2, -0.15) is 0 Å². The lowest BCUT2D eigenvalue weighted by atomic mass is 9.93. The second kappa shape index (κ2) is 4.66. The average Bonchev–Trinajstić information content (AvgIpc) is 2.76. The van der Waals surface area contributed by atoms with Gasteiger partial charge in [0, 0.05) is 19.4 Å². The van der Waals surface area contributed by atoms with Crippen LogP contribution >= 0.6 is 0 Å². The molecule has 0 unspecified atom stereocenters. The number of carbonyl (C=O) groups is 2. The van der Waals surface area contributed by atoms with Crippen molar-refractivity contribution in [3.8, 4) is 0 Å². The van der Waals surface area contributed by atoms with Crippen molar-refractivity contribution in [3.63, 3.8) is 0 Å². The minimum atomic E-state index is -4.77. The number of amides is 1. The summed E-state index contributed by atoms with van der Waals surface area (Å²) in [6.45, 7) is 1.50. The van der Waals surface area contributed by atoms with Gasteiger partial charge in [0.05, 0.1) is 12.7 Å². The molecule has 2 fully saturated rings. The Morgan fingerprint density at radius 1 is 1.53 bits per heavy atom. The summed E-state index contributed by atoms with van der Waals surface area (Å²) < 4.78 is 45.5. The van der Waals surface area contributed by atoms with E-state index in [0.717, 1.165) is 0 Å². The Bertz CT molecular complexity index is 398. The Balaban J connectivity index is 2.16. The summed E-state index contributed by atoms with van der Waals surface area (Å²) in [4.78, 5) is 24.8. The van der Waals surface area contributed by atoms with Crippen molar-refractivity contribution < 1.29 is 32.2 Å². The molecule has 2 aliphatic heterocycles. The maximum Gasteiger partial charge on any atom is 0.522 e. The van der Waals surface area contributed by atoms with E-state index in [1.165, 1.54) is 4.90 Å². The zero-order chi connectivity index (χ0) is 14.3. The summed E-state index contributed by atoms with van der Waals surface area (Å²) >= 11 is 0. The van der Waals surface area contributed by atoms with Crippen molar-refractivity contribution in [1.29, 1.82) is 0 Å². The molecule has 108 valence electrons. The number of halogens is 3. The molecule has 0 saturated carbocycles. The molecule has 2 atom stereocenters. The van der Waals surface area contributed by atoms with Crippen molar-refractivity contribution in [2.75, 3.05) is 13.2 Å². The molecular formula is C11H14F3NO4. The number of fused-ring (bicyclic) bond motifs is 1. The highest BCUT2D eigenvalue weighted by atomic mass is 19.4. The van der Waals surface area contributed by atoms with Crippen LogP contribution in [0.25, 0.3) is 0 Å². The van der Waals surface area contributed by atoms with Crippen molar-refractivity contribution >= 4 is 11.9 Å². The summed E-state index contributed by atoms with van der Waals surface area (Å²) in [6.07, 6.45) is -5.82. The molecule has 0 spiro atoms. The minimum absolute atomic E-state index is 0.118. The van der Waals surface area contributed by atoms with Crippen LogP contribution in [0.4, 0.5) is 13.2 Å². The Hall–Kier alpha value is -1.31. The molecule has 2 heterocycles. The van der Waals surface area contributed by atoms with E-state index in [1.807, 2.05) is 0 Å². The zero-order valence-corrected chi connectivity index (χ0v) is 10.3. The highest BCUT2D eigenvalue weighted by Gasteiger charge is 2.59. The third-order valence-corrected chi connectivity index (χ3v) is 3.48. The molecule has 0 aromatic rings. The van der Waals surface area contributed by atoms with Crippen LogP contribution in [0.2, 0.25) is 0 Å². The zero-order valence-electron chi connectivity index (χ0n) is 10.3. The van der Waals surface area contributed by atoms with Crippen molar-refractivity contribution in [2.24, 2.45) is 0 Å². The Kier molecular flexibility index (Phi) is 3.46. The predicted molar refractivity (Wildman–Crippen MR) is 55.9 cm³/mol. The van der Waals surface area contributed by atoms with Crippen molar-refractivity contribution in [3.05, 3.63) is 0 Å². The lowest BCUT2D eigenvalue weighted by Crippen LogP contribution is -2.48. The molecule has 8 heteroatoms. The first-order valence-electron chi connectivity index (χ1n) is 6.01. The highest BCUT2D eigenvalue weighted by molar-refractivity contribution is 5.92. The summed E-state index contributed by atoms with van der Waals surface area (Å²) in [5.74, 6) is -0.976. The molecule has 2 rings (SSSR count). The minimum Gasteiger partial charge on any atom is -0.464 e. The summed E-state index contributed by atoms with van der Waals surface area (Å²) in [6, 6.07) is 0. The molecule has 2 aliphatic rings. The molecule has 0 bridgehead atoms. The fourth-order valence-electron chi connectivity index (χ4n) is 2.78. The maximum absolute atomic E-state index is 12.2. The standard InChI is InChI=1S/C11H14F3NO4/c1-2-18-9(17)10-4-3-8(16)15(10)6-7(5-10)19-11(12,13)14/h7H,2-6H2,1H3/t7-,10-/m0/s1. The van der Waals surface area contributed by atoms with E-state index < -0.39 is 24.0 Å². The summed E-state index contributed by atoms with van der Waals surface area (Å²) in [5.41, 5.74) is -1.27. The molecule has 19 heavy (non-hydrogen) atoms. The van der Waals surface area contributed by atoms with Gasteiger partial charge in [0.15, 0.2) is 0 Å². The van der Waals surface area contributed by atoms with E-state index in [1.54, 1.807) is 6.92 Å². The first kappa shape index (κ1) is 14.1. The van der Waals surface area contributed by atoms with E-state index in [2.05, 4.69) is 4.74 Å². The van der Waals surface area contributed by atoms with Gasteiger partial charge in [-0.3, -0.25) is 9.53 Å². The van der Waals surface area contributed by atoms with Crippen LogP contribution in [0.15, 0.2) is 0 Å². The van der Waals surface area contributed by atoms with Gasteiger partial charge < -0.3 is 9.64 Å². The molecule has 0 aromatic heterocycles. The molecule has 1 amide bonds. The Labute approximate surface area is 107 Å². The van der Waals surface area contributed by atoms with Gasteiger partial charge in [0.2, 0.25) is 5.91 Å². The lowest BCUT2D eigenvalue weighted by molar-refractivity contribution is -0.340.